The third-order valence-electron chi connectivity index (χ3n) is 7.65. The van der Waals surface area contributed by atoms with Gasteiger partial charge in [0, 0.05) is 57.5 Å². The fraction of sp³-hybridized carbons (Fsp3) is 0.519. The molecule has 1 amide bonds. The first-order valence-corrected chi connectivity index (χ1v) is 13.7. The number of H-pyrrole nitrogens is 1. The molecule has 9 nitrogen and oxygen atoms in total. The number of nitriles is 1. The summed E-state index contributed by atoms with van der Waals surface area (Å²) in [5, 5.41) is 16.7. The van der Waals surface area contributed by atoms with Crippen LogP contribution in [0, 0.1) is 11.3 Å². The van der Waals surface area contributed by atoms with Crippen molar-refractivity contribution in [2.75, 3.05) is 68.8 Å². The van der Waals surface area contributed by atoms with E-state index in [1.165, 1.54) is 18.2 Å². The number of nitrogens with one attached hydrogen (secondary N) is 1. The van der Waals surface area contributed by atoms with E-state index < -0.39 is 11.7 Å². The molecule has 0 unspecified atom stereocenters. The van der Waals surface area contributed by atoms with Gasteiger partial charge >= 0.3 is 6.18 Å². The summed E-state index contributed by atoms with van der Waals surface area (Å²) in [6, 6.07) is 6.11. The van der Waals surface area contributed by atoms with Gasteiger partial charge in [-0.2, -0.15) is 23.5 Å². The summed E-state index contributed by atoms with van der Waals surface area (Å²) in [6.07, 6.45) is -0.432. The van der Waals surface area contributed by atoms with E-state index in [1.54, 1.807) is 15.9 Å². The van der Waals surface area contributed by atoms with Gasteiger partial charge in [-0.1, -0.05) is 23.7 Å². The van der Waals surface area contributed by atoms with Crippen LogP contribution in [-0.2, 0) is 28.7 Å². The van der Waals surface area contributed by atoms with Crippen LogP contribution in [0.3, 0.4) is 0 Å². The number of halogens is 4. The van der Waals surface area contributed by atoms with Crippen molar-refractivity contribution in [3.8, 4) is 6.07 Å². The van der Waals surface area contributed by atoms with Crippen molar-refractivity contribution in [2.24, 2.45) is 0 Å². The van der Waals surface area contributed by atoms with Gasteiger partial charge in [-0.3, -0.25) is 14.8 Å². The van der Waals surface area contributed by atoms with Crippen molar-refractivity contribution in [1.29, 1.82) is 5.26 Å². The predicted octanol–water partition coefficient (Wildman–Crippen LogP) is 3.46. The average molecular weight is 578 g/mol. The molecular weight excluding hydrogens is 547 g/mol. The van der Waals surface area contributed by atoms with Gasteiger partial charge in [0.05, 0.1) is 60.3 Å². The summed E-state index contributed by atoms with van der Waals surface area (Å²) >= 11 is 5.94. The molecule has 0 bridgehead atoms. The van der Waals surface area contributed by atoms with E-state index in [-0.39, 0.29) is 35.6 Å². The minimum atomic E-state index is -4.57. The van der Waals surface area contributed by atoms with Crippen LogP contribution in [-0.4, -0.2) is 91.0 Å². The molecule has 1 aromatic heterocycles. The standard InChI is InChI=1S/C27H31ClF3N7O2/c28-21-3-1-4-23(25(21)27(29,30)31)36-10-7-20-22(18-36)33-34-26(20)37-11-12-38(19(17-37)6-8-32)24(39)5-2-9-35-13-15-40-16-14-35/h1-5,19H,6-7,9-18H2,(H,33,34)/b5-2+/t19-/m0/s1. The number of carbonyl (C=O) groups excluding carboxylic acids is 1. The van der Waals surface area contributed by atoms with Gasteiger partial charge in [0.15, 0.2) is 5.82 Å². The highest BCUT2D eigenvalue weighted by Gasteiger charge is 2.39. The molecule has 4 heterocycles. The second-order valence-corrected chi connectivity index (χ2v) is 10.5. The van der Waals surface area contributed by atoms with Gasteiger partial charge in [0.2, 0.25) is 5.91 Å². The summed E-state index contributed by atoms with van der Waals surface area (Å²) < 4.78 is 46.6. The molecule has 2 fully saturated rings. The molecule has 3 aliphatic heterocycles. The van der Waals surface area contributed by atoms with Crippen LogP contribution >= 0.6 is 11.6 Å². The summed E-state index contributed by atoms with van der Waals surface area (Å²) in [5.41, 5.74) is 0.909. The minimum absolute atomic E-state index is 0.0460. The Labute approximate surface area is 235 Å². The smallest absolute Gasteiger partial charge is 0.379 e. The number of piperazine rings is 1. The van der Waals surface area contributed by atoms with Crippen molar-refractivity contribution in [3.63, 3.8) is 0 Å². The van der Waals surface area contributed by atoms with Gasteiger partial charge in [-0.05, 0) is 18.6 Å². The zero-order chi connectivity index (χ0) is 28.3. The molecule has 2 aromatic rings. The Hall–Kier alpha value is -3.27. The first kappa shape index (κ1) is 28.3. The molecule has 0 saturated carbocycles. The third-order valence-corrected chi connectivity index (χ3v) is 7.96. The Morgan fingerprint density at radius 1 is 1.20 bits per heavy atom. The monoisotopic (exact) mass is 577 g/mol. The molecule has 40 heavy (non-hydrogen) atoms. The van der Waals surface area contributed by atoms with E-state index >= 15 is 0 Å². The number of aromatic nitrogens is 2. The van der Waals surface area contributed by atoms with Gasteiger partial charge in [-0.25, -0.2) is 0 Å². The van der Waals surface area contributed by atoms with Gasteiger partial charge in [-0.15, -0.1) is 0 Å². The Bertz CT molecular complexity index is 1290. The Balaban J connectivity index is 1.26. The zero-order valence-corrected chi connectivity index (χ0v) is 22.7. The fourth-order valence-corrected chi connectivity index (χ4v) is 5.90. The number of benzene rings is 1. The number of amides is 1. The van der Waals surface area contributed by atoms with Crippen molar-refractivity contribution < 1.29 is 22.7 Å². The van der Waals surface area contributed by atoms with Crippen LogP contribution in [0.5, 0.6) is 0 Å². The van der Waals surface area contributed by atoms with E-state index in [4.69, 9.17) is 16.3 Å². The number of nitrogens with zero attached hydrogens (tertiary/aromatic N) is 6. The Morgan fingerprint density at radius 3 is 2.75 bits per heavy atom. The van der Waals surface area contributed by atoms with Gasteiger partial charge in [0.25, 0.3) is 0 Å². The highest BCUT2D eigenvalue weighted by Crippen LogP contribution is 2.42. The maximum Gasteiger partial charge on any atom is 0.419 e. The van der Waals surface area contributed by atoms with Crippen LogP contribution < -0.4 is 9.80 Å². The molecular formula is C27H31ClF3N7O2. The maximum atomic E-state index is 13.7. The second-order valence-electron chi connectivity index (χ2n) is 10.1. The van der Waals surface area contributed by atoms with Crippen molar-refractivity contribution in [2.45, 2.75) is 31.6 Å². The minimum Gasteiger partial charge on any atom is -0.379 e. The number of ether oxygens (including phenoxy) is 1. The van der Waals surface area contributed by atoms with E-state index in [0.717, 1.165) is 30.2 Å². The van der Waals surface area contributed by atoms with Gasteiger partial charge in [0.1, 0.15) is 0 Å². The number of rotatable bonds is 6. The number of aromatic amines is 1. The van der Waals surface area contributed by atoms with Crippen molar-refractivity contribution >= 4 is 29.0 Å². The lowest BCUT2D eigenvalue weighted by Gasteiger charge is -2.41. The molecule has 5 rings (SSSR count). The Kier molecular flexibility index (Phi) is 8.54. The van der Waals surface area contributed by atoms with Crippen LogP contribution in [0.1, 0.15) is 23.2 Å². The molecule has 1 aromatic carbocycles. The summed E-state index contributed by atoms with van der Waals surface area (Å²) in [5.74, 6) is 0.615. The molecule has 0 radical (unpaired) electrons. The average Bonchev–Trinajstić information content (AvgIpc) is 3.36. The maximum absolute atomic E-state index is 13.7. The number of carbonyl (C=O) groups is 1. The number of hydrogen-bond donors (Lipinski definition) is 1. The number of alkyl halides is 3. The molecule has 3 aliphatic rings. The molecule has 0 aliphatic carbocycles. The van der Waals surface area contributed by atoms with Gasteiger partial charge < -0.3 is 19.4 Å². The lowest BCUT2D eigenvalue weighted by molar-refractivity contribution is -0.137. The topological polar surface area (TPSA) is 91.7 Å². The number of hydrogen-bond acceptors (Lipinski definition) is 7. The number of anilines is 2. The zero-order valence-electron chi connectivity index (χ0n) is 22.0. The highest BCUT2D eigenvalue weighted by molar-refractivity contribution is 6.31. The summed E-state index contributed by atoms with van der Waals surface area (Å²) in [6.45, 7) is 5.77. The first-order valence-electron chi connectivity index (χ1n) is 13.3. The number of morpholine rings is 1. The summed E-state index contributed by atoms with van der Waals surface area (Å²) in [7, 11) is 0. The van der Waals surface area contributed by atoms with Crippen LogP contribution in [0.2, 0.25) is 5.02 Å². The molecule has 1 N–H and O–H groups in total. The fourth-order valence-electron chi connectivity index (χ4n) is 5.62. The SMILES string of the molecule is N#CC[C@H]1CN(c2n[nH]c3c2CCN(c2cccc(Cl)c2C(F)(F)F)C3)CCN1C(=O)/C=C/CN1CCOCC1. The lowest BCUT2D eigenvalue weighted by Crippen LogP contribution is -2.55. The molecule has 214 valence electrons. The van der Waals surface area contributed by atoms with Crippen LogP contribution in [0.15, 0.2) is 30.4 Å². The van der Waals surface area contributed by atoms with Crippen LogP contribution in [0.4, 0.5) is 24.7 Å². The predicted molar refractivity (Wildman–Crippen MR) is 144 cm³/mol. The van der Waals surface area contributed by atoms with E-state index in [1.807, 2.05) is 6.08 Å². The molecule has 0 spiro atoms. The van der Waals surface area contributed by atoms with Crippen molar-refractivity contribution in [3.05, 3.63) is 52.2 Å². The first-order chi connectivity index (χ1) is 19.3. The Morgan fingerprint density at radius 2 is 2.00 bits per heavy atom. The molecule has 2 saturated heterocycles. The largest absolute Gasteiger partial charge is 0.419 e. The van der Waals surface area contributed by atoms with E-state index in [2.05, 4.69) is 26.1 Å². The normalized spacial score (nSPS) is 20.6. The van der Waals surface area contributed by atoms with E-state index in [0.29, 0.717) is 52.4 Å². The molecule has 13 heteroatoms. The van der Waals surface area contributed by atoms with Crippen molar-refractivity contribution in [1.82, 2.24) is 20.0 Å². The second kappa shape index (κ2) is 12.1. The molecule has 1 atom stereocenters. The number of fused-ring (bicyclic) bond motifs is 1. The van der Waals surface area contributed by atoms with E-state index in [9.17, 15) is 23.2 Å². The third kappa shape index (κ3) is 6.06. The summed E-state index contributed by atoms with van der Waals surface area (Å²) in [4.78, 5) is 20.7. The lowest BCUT2D eigenvalue weighted by atomic mass is 10.0. The highest BCUT2D eigenvalue weighted by atomic mass is 35.5. The van der Waals surface area contributed by atoms with Crippen LogP contribution in [0.25, 0.3) is 0 Å². The quantitative estimate of drug-likeness (QED) is 0.526.